The number of alkyl halides is 1. The van der Waals surface area contributed by atoms with E-state index in [-0.39, 0.29) is 10.7 Å². The average molecular weight is 336 g/mol. The van der Waals surface area contributed by atoms with Gasteiger partial charge in [-0.15, -0.1) is 11.3 Å². The van der Waals surface area contributed by atoms with Gasteiger partial charge in [0.25, 0.3) is 0 Å². The van der Waals surface area contributed by atoms with Crippen LogP contribution < -0.4 is 4.90 Å². The number of carbonyl (C=O) groups is 1. The monoisotopic (exact) mass is 335 g/mol. The first kappa shape index (κ1) is 12.9. The second-order valence-corrected chi connectivity index (χ2v) is 6.61. The summed E-state index contributed by atoms with van der Waals surface area (Å²) in [6, 6.07) is 10.6. The molecule has 0 spiro atoms. The Morgan fingerprint density at radius 2 is 2.16 bits per heavy atom. The van der Waals surface area contributed by atoms with E-state index in [1.165, 1.54) is 16.0 Å². The second-order valence-electron chi connectivity index (χ2n) is 4.72. The van der Waals surface area contributed by atoms with Gasteiger partial charge >= 0.3 is 0 Å². The molecule has 1 aromatic carbocycles. The molecule has 19 heavy (non-hydrogen) atoms. The predicted octanol–water partition coefficient (Wildman–Crippen LogP) is 4.14. The normalized spacial score (nSPS) is 16.3. The van der Waals surface area contributed by atoms with E-state index in [4.69, 9.17) is 0 Å². The maximum absolute atomic E-state index is 11.7. The molecule has 98 valence electrons. The van der Waals surface area contributed by atoms with Crippen molar-refractivity contribution in [2.24, 2.45) is 0 Å². The maximum atomic E-state index is 11.7. The van der Waals surface area contributed by atoms with Crippen molar-refractivity contribution in [1.29, 1.82) is 0 Å². The van der Waals surface area contributed by atoms with Crippen molar-refractivity contribution in [1.82, 2.24) is 0 Å². The molecule has 2 heterocycles. The molecule has 0 fully saturated rings. The van der Waals surface area contributed by atoms with Gasteiger partial charge in [-0.3, -0.25) is 4.79 Å². The molecule has 0 saturated carbocycles. The van der Waals surface area contributed by atoms with E-state index < -0.39 is 0 Å². The van der Waals surface area contributed by atoms with Gasteiger partial charge in [-0.2, -0.15) is 0 Å². The minimum Gasteiger partial charge on any atom is -0.315 e. The molecule has 0 saturated heterocycles. The molecule has 1 amide bonds. The lowest BCUT2D eigenvalue weighted by atomic mass is 9.98. The molecule has 2 aromatic rings. The highest BCUT2D eigenvalue weighted by atomic mass is 79.9. The van der Waals surface area contributed by atoms with Gasteiger partial charge in [0, 0.05) is 24.0 Å². The van der Waals surface area contributed by atoms with Crippen molar-refractivity contribution >= 4 is 38.9 Å². The van der Waals surface area contributed by atoms with Crippen molar-refractivity contribution in [3.8, 4) is 0 Å². The van der Waals surface area contributed by atoms with Gasteiger partial charge in [0.05, 0.1) is 4.83 Å². The molecule has 1 atom stereocenters. The summed E-state index contributed by atoms with van der Waals surface area (Å²) in [7, 11) is 1.85. The molecule has 0 radical (unpaired) electrons. The average Bonchev–Trinajstić information content (AvgIpc) is 2.96. The summed E-state index contributed by atoms with van der Waals surface area (Å²) >= 11 is 5.51. The minimum absolute atomic E-state index is 0.203. The number of carbonyl (C=O) groups excluding carboxylic acids is 1. The Bertz CT molecular complexity index is 609. The number of hydrogen-bond acceptors (Lipinski definition) is 2. The van der Waals surface area contributed by atoms with Crippen LogP contribution in [0.15, 0.2) is 35.7 Å². The molecular formula is C15H14BrNOS. The summed E-state index contributed by atoms with van der Waals surface area (Å²) in [5.41, 5.74) is 3.57. The first-order valence-corrected chi connectivity index (χ1v) is 8.03. The van der Waals surface area contributed by atoms with E-state index in [9.17, 15) is 4.79 Å². The predicted molar refractivity (Wildman–Crippen MR) is 83.3 cm³/mol. The Hall–Kier alpha value is -1.13. The number of benzene rings is 1. The van der Waals surface area contributed by atoms with Crippen LogP contribution in [-0.4, -0.2) is 13.0 Å². The molecule has 1 unspecified atom stereocenters. The van der Waals surface area contributed by atoms with Crippen LogP contribution in [0, 0.1) is 0 Å². The fourth-order valence-electron chi connectivity index (χ4n) is 2.43. The highest BCUT2D eigenvalue weighted by Gasteiger charge is 2.22. The van der Waals surface area contributed by atoms with Crippen LogP contribution in [0.1, 0.15) is 27.3 Å². The molecule has 0 bridgehead atoms. The van der Waals surface area contributed by atoms with Crippen LogP contribution in [0.25, 0.3) is 0 Å². The van der Waals surface area contributed by atoms with Gasteiger partial charge in [0.1, 0.15) is 0 Å². The first-order chi connectivity index (χ1) is 9.16. The van der Waals surface area contributed by atoms with Crippen LogP contribution in [0.3, 0.4) is 0 Å². The minimum atomic E-state index is 0.203. The zero-order valence-electron chi connectivity index (χ0n) is 10.6. The van der Waals surface area contributed by atoms with Gasteiger partial charge in [-0.05, 0) is 35.1 Å². The molecule has 1 aliphatic rings. The Morgan fingerprint density at radius 3 is 2.89 bits per heavy atom. The van der Waals surface area contributed by atoms with Crippen molar-refractivity contribution in [2.45, 2.75) is 17.7 Å². The van der Waals surface area contributed by atoms with Gasteiger partial charge in [0.2, 0.25) is 5.91 Å². The zero-order chi connectivity index (χ0) is 13.4. The molecule has 2 nitrogen and oxygen atoms in total. The molecule has 0 N–H and O–H groups in total. The van der Waals surface area contributed by atoms with Gasteiger partial charge in [0.15, 0.2) is 0 Å². The molecule has 1 aliphatic heterocycles. The molecular weight excluding hydrogens is 322 g/mol. The third-order valence-electron chi connectivity index (χ3n) is 3.53. The van der Waals surface area contributed by atoms with E-state index >= 15 is 0 Å². The topological polar surface area (TPSA) is 20.3 Å². The molecule has 4 heteroatoms. The van der Waals surface area contributed by atoms with E-state index in [1.54, 1.807) is 16.2 Å². The van der Waals surface area contributed by atoms with E-state index in [2.05, 4.69) is 51.6 Å². The summed E-state index contributed by atoms with van der Waals surface area (Å²) in [6.45, 7) is 0. The number of rotatable bonds is 2. The third kappa shape index (κ3) is 2.35. The number of hydrogen-bond donors (Lipinski definition) is 0. The highest BCUT2D eigenvalue weighted by Crippen LogP contribution is 2.37. The maximum Gasteiger partial charge on any atom is 0.227 e. The van der Waals surface area contributed by atoms with Crippen LogP contribution >= 0.6 is 27.3 Å². The van der Waals surface area contributed by atoms with Crippen molar-refractivity contribution in [3.05, 3.63) is 51.7 Å². The number of anilines is 1. The summed E-state index contributed by atoms with van der Waals surface area (Å²) in [6.07, 6.45) is 1.45. The fourth-order valence-corrected chi connectivity index (χ4v) is 3.92. The van der Waals surface area contributed by atoms with E-state index in [0.717, 1.165) is 12.1 Å². The van der Waals surface area contributed by atoms with Gasteiger partial charge < -0.3 is 4.90 Å². The lowest BCUT2D eigenvalue weighted by molar-refractivity contribution is -0.118. The van der Waals surface area contributed by atoms with Gasteiger partial charge in [-0.25, -0.2) is 0 Å². The fraction of sp³-hybridized carbons (Fsp3) is 0.267. The summed E-state index contributed by atoms with van der Waals surface area (Å²) < 4.78 is 0. The number of halogens is 1. The van der Waals surface area contributed by atoms with Crippen molar-refractivity contribution in [3.63, 3.8) is 0 Å². The Kier molecular flexibility index (Phi) is 3.46. The second kappa shape index (κ2) is 5.10. The SMILES string of the molecule is CN1C(=O)CCc2cc(C(Br)c3cccs3)ccc21. The lowest BCUT2D eigenvalue weighted by Crippen LogP contribution is -2.31. The highest BCUT2D eigenvalue weighted by molar-refractivity contribution is 9.09. The lowest BCUT2D eigenvalue weighted by Gasteiger charge is -2.26. The van der Waals surface area contributed by atoms with Crippen LogP contribution in [-0.2, 0) is 11.2 Å². The Labute approximate surface area is 125 Å². The Morgan fingerprint density at radius 1 is 1.32 bits per heavy atom. The number of amides is 1. The Balaban J connectivity index is 1.96. The molecule has 0 aliphatic carbocycles. The third-order valence-corrected chi connectivity index (χ3v) is 5.79. The smallest absolute Gasteiger partial charge is 0.227 e. The van der Waals surface area contributed by atoms with Crippen LogP contribution in [0.2, 0.25) is 0 Å². The molecule has 1 aromatic heterocycles. The first-order valence-electron chi connectivity index (χ1n) is 6.23. The number of aryl methyl sites for hydroxylation is 1. The van der Waals surface area contributed by atoms with E-state index in [1.807, 2.05) is 7.05 Å². The number of fused-ring (bicyclic) bond motifs is 1. The number of nitrogens with zero attached hydrogens (tertiary/aromatic N) is 1. The quantitative estimate of drug-likeness (QED) is 0.755. The van der Waals surface area contributed by atoms with Gasteiger partial charge in [-0.1, -0.05) is 34.1 Å². The van der Waals surface area contributed by atoms with Crippen LogP contribution in [0.4, 0.5) is 5.69 Å². The zero-order valence-corrected chi connectivity index (χ0v) is 13.0. The van der Waals surface area contributed by atoms with Crippen molar-refractivity contribution < 1.29 is 4.79 Å². The van der Waals surface area contributed by atoms with Crippen LogP contribution in [0.5, 0.6) is 0 Å². The number of thiophene rings is 1. The summed E-state index contributed by atoms with van der Waals surface area (Å²) in [4.78, 5) is 15.0. The summed E-state index contributed by atoms with van der Waals surface area (Å²) in [5.74, 6) is 0.203. The molecule has 3 rings (SSSR count). The largest absolute Gasteiger partial charge is 0.315 e. The van der Waals surface area contributed by atoms with E-state index in [0.29, 0.717) is 6.42 Å². The van der Waals surface area contributed by atoms with Crippen molar-refractivity contribution in [2.75, 3.05) is 11.9 Å². The standard InChI is InChI=1S/C15H14BrNOS/c1-17-12-6-4-11(9-10(12)5-7-14(17)18)15(16)13-3-2-8-19-13/h2-4,6,8-9,15H,5,7H2,1H3. The summed E-state index contributed by atoms with van der Waals surface area (Å²) in [5, 5.41) is 2.09.